The van der Waals surface area contributed by atoms with Crippen LogP contribution in [0.15, 0.2) is 9.90 Å². The van der Waals surface area contributed by atoms with Crippen molar-refractivity contribution in [2.75, 3.05) is 18.0 Å². The highest BCUT2D eigenvalue weighted by atomic mass is 32.1. The Hall–Kier alpha value is -1.89. The van der Waals surface area contributed by atoms with E-state index in [-0.39, 0.29) is 5.91 Å². The van der Waals surface area contributed by atoms with Gasteiger partial charge in [0.2, 0.25) is 5.91 Å². The van der Waals surface area contributed by atoms with Gasteiger partial charge in [-0.1, -0.05) is 5.16 Å². The Bertz CT molecular complexity index is 654. The predicted octanol–water partition coefficient (Wildman–Crippen LogP) is 2.60. The summed E-state index contributed by atoms with van der Waals surface area (Å²) in [5.74, 6) is 0.825. The van der Waals surface area contributed by atoms with Gasteiger partial charge in [-0.05, 0) is 33.1 Å². The Balaban J connectivity index is 1.45. The molecule has 0 aliphatic carbocycles. The molecule has 2 aromatic heterocycles. The highest BCUT2D eigenvalue weighted by Gasteiger charge is 2.16. The van der Waals surface area contributed by atoms with E-state index in [0.29, 0.717) is 19.4 Å². The van der Waals surface area contributed by atoms with Gasteiger partial charge in [0.25, 0.3) is 0 Å². The molecule has 1 aliphatic heterocycles. The molecule has 7 heteroatoms. The predicted molar refractivity (Wildman–Crippen MR) is 89.7 cm³/mol. The van der Waals surface area contributed by atoms with Crippen LogP contribution in [0.1, 0.15) is 42.0 Å². The minimum absolute atomic E-state index is 0.0284. The lowest BCUT2D eigenvalue weighted by Gasteiger charge is -2.12. The first-order chi connectivity index (χ1) is 11.1. The van der Waals surface area contributed by atoms with Gasteiger partial charge >= 0.3 is 0 Å². The summed E-state index contributed by atoms with van der Waals surface area (Å²) < 4.78 is 5.11. The summed E-state index contributed by atoms with van der Waals surface area (Å²) in [6.07, 6.45) is 3.58. The Morgan fingerprint density at radius 3 is 2.87 bits per heavy atom. The summed E-state index contributed by atoms with van der Waals surface area (Å²) >= 11 is 1.66. The number of hydrogen-bond donors (Lipinski definition) is 1. The number of rotatable bonds is 6. The van der Waals surface area contributed by atoms with Crippen LogP contribution in [0.25, 0.3) is 0 Å². The summed E-state index contributed by atoms with van der Waals surface area (Å²) in [5.41, 5.74) is 2.83. The minimum atomic E-state index is 0.0284. The highest BCUT2D eigenvalue weighted by Crippen LogP contribution is 2.24. The van der Waals surface area contributed by atoms with E-state index in [2.05, 4.69) is 20.4 Å². The van der Waals surface area contributed by atoms with Crippen molar-refractivity contribution in [1.82, 2.24) is 15.5 Å². The molecule has 1 aliphatic rings. The van der Waals surface area contributed by atoms with E-state index in [1.54, 1.807) is 11.3 Å². The second-order valence-electron chi connectivity index (χ2n) is 5.90. The monoisotopic (exact) mass is 334 g/mol. The van der Waals surface area contributed by atoms with Gasteiger partial charge in [-0.2, -0.15) is 0 Å². The fourth-order valence-electron chi connectivity index (χ4n) is 2.81. The molecule has 1 fully saturated rings. The number of carbonyl (C=O) groups is 1. The molecule has 0 unspecified atom stereocenters. The standard InChI is InChI=1S/C16H22N4O2S/c1-11-14(12(2)22-19-11)5-6-15(21)17-9-13-10-23-16(18-13)20-7-3-4-8-20/h10H,3-9H2,1-2H3,(H,17,21). The smallest absolute Gasteiger partial charge is 0.220 e. The van der Waals surface area contributed by atoms with Crippen LogP contribution < -0.4 is 10.2 Å². The van der Waals surface area contributed by atoms with Crippen LogP contribution in [-0.4, -0.2) is 29.1 Å². The Morgan fingerprint density at radius 1 is 1.39 bits per heavy atom. The quantitative estimate of drug-likeness (QED) is 0.879. The topological polar surface area (TPSA) is 71.3 Å². The zero-order valence-electron chi connectivity index (χ0n) is 13.6. The van der Waals surface area contributed by atoms with Crippen LogP contribution in [0.2, 0.25) is 0 Å². The number of amides is 1. The summed E-state index contributed by atoms with van der Waals surface area (Å²) in [4.78, 5) is 18.9. The number of nitrogens with zero attached hydrogens (tertiary/aromatic N) is 3. The third-order valence-corrected chi connectivity index (χ3v) is 5.12. The van der Waals surface area contributed by atoms with Crippen LogP contribution >= 0.6 is 11.3 Å². The summed E-state index contributed by atoms with van der Waals surface area (Å²) in [7, 11) is 0. The number of carbonyl (C=O) groups excluding carboxylic acids is 1. The van der Waals surface area contributed by atoms with Crippen molar-refractivity contribution in [2.45, 2.75) is 46.1 Å². The maximum Gasteiger partial charge on any atom is 0.220 e. The Morgan fingerprint density at radius 2 is 2.17 bits per heavy atom. The molecule has 0 bridgehead atoms. The van der Waals surface area contributed by atoms with Crippen LogP contribution in [0, 0.1) is 13.8 Å². The molecular formula is C16H22N4O2S. The summed E-state index contributed by atoms with van der Waals surface area (Å²) in [6.45, 7) is 6.46. The second kappa shape index (κ2) is 7.12. The van der Waals surface area contributed by atoms with E-state index in [0.717, 1.165) is 40.9 Å². The van der Waals surface area contributed by atoms with Crippen molar-refractivity contribution in [2.24, 2.45) is 0 Å². The third-order valence-electron chi connectivity index (χ3n) is 4.17. The molecule has 1 saturated heterocycles. The fraction of sp³-hybridized carbons (Fsp3) is 0.562. The molecule has 124 valence electrons. The van der Waals surface area contributed by atoms with Gasteiger partial charge < -0.3 is 14.7 Å². The van der Waals surface area contributed by atoms with E-state index >= 15 is 0 Å². The van der Waals surface area contributed by atoms with Crippen LogP contribution in [0.5, 0.6) is 0 Å². The molecular weight excluding hydrogens is 312 g/mol. The summed E-state index contributed by atoms with van der Waals surface area (Å²) in [6, 6.07) is 0. The highest BCUT2D eigenvalue weighted by molar-refractivity contribution is 7.13. The SMILES string of the molecule is Cc1noc(C)c1CCC(=O)NCc1csc(N2CCCC2)n1. The molecule has 6 nitrogen and oxygen atoms in total. The molecule has 1 N–H and O–H groups in total. The molecule has 0 radical (unpaired) electrons. The summed E-state index contributed by atoms with van der Waals surface area (Å²) in [5, 5.41) is 9.95. The number of aryl methyl sites for hydroxylation is 2. The van der Waals surface area contributed by atoms with Gasteiger partial charge in [0.15, 0.2) is 5.13 Å². The molecule has 1 amide bonds. The van der Waals surface area contributed by atoms with E-state index in [9.17, 15) is 4.79 Å². The van der Waals surface area contributed by atoms with Crippen molar-refractivity contribution in [3.8, 4) is 0 Å². The minimum Gasteiger partial charge on any atom is -0.361 e. The van der Waals surface area contributed by atoms with Crippen molar-refractivity contribution in [1.29, 1.82) is 0 Å². The molecule has 2 aromatic rings. The number of hydrogen-bond acceptors (Lipinski definition) is 6. The zero-order chi connectivity index (χ0) is 16.2. The molecule has 0 spiro atoms. The van der Waals surface area contributed by atoms with Crippen LogP contribution in [0.4, 0.5) is 5.13 Å². The maximum atomic E-state index is 12.0. The molecule has 3 rings (SSSR count). The van der Waals surface area contributed by atoms with Crippen molar-refractivity contribution < 1.29 is 9.32 Å². The number of nitrogens with one attached hydrogen (secondary N) is 1. The maximum absolute atomic E-state index is 12.0. The molecule has 23 heavy (non-hydrogen) atoms. The Labute approximate surface area is 139 Å². The average Bonchev–Trinajstić information content (AvgIpc) is 3.25. The molecule has 0 atom stereocenters. The van der Waals surface area contributed by atoms with Gasteiger partial charge in [-0.3, -0.25) is 4.79 Å². The van der Waals surface area contributed by atoms with Gasteiger partial charge in [-0.15, -0.1) is 11.3 Å². The van der Waals surface area contributed by atoms with E-state index < -0.39 is 0 Å². The molecule has 3 heterocycles. The second-order valence-corrected chi connectivity index (χ2v) is 6.73. The lowest BCUT2D eigenvalue weighted by molar-refractivity contribution is -0.121. The number of aromatic nitrogens is 2. The first kappa shape index (κ1) is 16.0. The van der Waals surface area contributed by atoms with Crippen molar-refractivity contribution in [3.05, 3.63) is 28.1 Å². The lowest BCUT2D eigenvalue weighted by atomic mass is 10.1. The van der Waals surface area contributed by atoms with E-state index in [4.69, 9.17) is 4.52 Å². The van der Waals surface area contributed by atoms with E-state index in [1.165, 1.54) is 12.8 Å². The van der Waals surface area contributed by atoms with Gasteiger partial charge in [0.1, 0.15) is 5.76 Å². The van der Waals surface area contributed by atoms with Gasteiger partial charge in [0, 0.05) is 30.5 Å². The third kappa shape index (κ3) is 3.90. The normalized spacial score (nSPS) is 14.4. The first-order valence-electron chi connectivity index (χ1n) is 8.01. The van der Waals surface area contributed by atoms with Crippen LogP contribution in [-0.2, 0) is 17.8 Å². The number of anilines is 1. The lowest BCUT2D eigenvalue weighted by Crippen LogP contribution is -2.23. The number of thiazole rings is 1. The average molecular weight is 334 g/mol. The Kier molecular flexibility index (Phi) is 4.95. The van der Waals surface area contributed by atoms with Gasteiger partial charge in [-0.25, -0.2) is 4.98 Å². The largest absolute Gasteiger partial charge is 0.361 e. The zero-order valence-corrected chi connectivity index (χ0v) is 14.4. The molecule has 0 aromatic carbocycles. The van der Waals surface area contributed by atoms with Gasteiger partial charge in [0.05, 0.1) is 17.9 Å². The van der Waals surface area contributed by atoms with Crippen molar-refractivity contribution in [3.63, 3.8) is 0 Å². The van der Waals surface area contributed by atoms with E-state index in [1.807, 2.05) is 19.2 Å². The fourth-order valence-corrected chi connectivity index (χ4v) is 3.69. The molecule has 0 saturated carbocycles. The first-order valence-corrected chi connectivity index (χ1v) is 8.89. The van der Waals surface area contributed by atoms with Crippen LogP contribution in [0.3, 0.4) is 0 Å². The van der Waals surface area contributed by atoms with Crippen molar-refractivity contribution >= 4 is 22.4 Å².